The first kappa shape index (κ1) is 23.7. The number of ether oxygens (including phenoxy) is 1. The average Bonchev–Trinajstić information content (AvgIpc) is 3.11. The van der Waals surface area contributed by atoms with Gasteiger partial charge < -0.3 is 9.84 Å². The molecule has 3 unspecified atom stereocenters. The van der Waals surface area contributed by atoms with Crippen molar-refractivity contribution in [3.8, 4) is 0 Å². The van der Waals surface area contributed by atoms with E-state index in [-0.39, 0.29) is 18.0 Å². The van der Waals surface area contributed by atoms with Gasteiger partial charge in [-0.2, -0.15) is 0 Å². The fraction of sp³-hybridized carbons (Fsp3) is 0.654. The van der Waals surface area contributed by atoms with Crippen molar-refractivity contribution in [2.45, 2.75) is 96.0 Å². The molecule has 1 aliphatic carbocycles. The Hall–Kier alpha value is -1.61. The molecule has 162 valence electrons. The lowest BCUT2D eigenvalue weighted by Crippen LogP contribution is -2.16. The van der Waals surface area contributed by atoms with Gasteiger partial charge in [-0.25, -0.2) is 0 Å². The molecule has 3 heteroatoms. The summed E-state index contributed by atoms with van der Waals surface area (Å²) in [5.74, 6) is 0.608. The number of carbonyl (C=O) groups is 1. The summed E-state index contributed by atoms with van der Waals surface area (Å²) in [7, 11) is 1.43. The molecule has 1 saturated carbocycles. The third kappa shape index (κ3) is 8.34. The number of aliphatic hydroxyl groups is 1. The van der Waals surface area contributed by atoms with Crippen LogP contribution in [0.5, 0.6) is 0 Å². The van der Waals surface area contributed by atoms with Gasteiger partial charge in [0.05, 0.1) is 13.2 Å². The maximum absolute atomic E-state index is 11.1. The molecule has 0 aliphatic heterocycles. The summed E-state index contributed by atoms with van der Waals surface area (Å²) in [6.45, 7) is 2.25. The van der Waals surface area contributed by atoms with Crippen LogP contribution in [0.4, 0.5) is 0 Å². The molecular weight excluding hydrogens is 360 g/mol. The number of aliphatic hydroxyl groups excluding tert-OH is 1. The summed E-state index contributed by atoms with van der Waals surface area (Å²) in [6.07, 6.45) is 17.1. The minimum Gasteiger partial charge on any atom is -0.469 e. The van der Waals surface area contributed by atoms with E-state index in [1.165, 1.54) is 50.3 Å². The van der Waals surface area contributed by atoms with E-state index in [0.717, 1.165) is 38.5 Å². The highest BCUT2D eigenvalue weighted by Gasteiger charge is 2.35. The van der Waals surface area contributed by atoms with Crippen molar-refractivity contribution in [1.29, 1.82) is 0 Å². The highest BCUT2D eigenvalue weighted by Crippen LogP contribution is 2.42. The van der Waals surface area contributed by atoms with Crippen LogP contribution in [0.15, 0.2) is 36.4 Å². The lowest BCUT2D eigenvalue weighted by Gasteiger charge is -2.22. The highest BCUT2D eigenvalue weighted by molar-refractivity contribution is 5.69. The number of aryl methyl sites for hydroxylation is 1. The number of unbranched alkanes of at least 4 members (excludes halogenated alkanes) is 5. The van der Waals surface area contributed by atoms with Crippen LogP contribution in [0.3, 0.4) is 0 Å². The summed E-state index contributed by atoms with van der Waals surface area (Å²) < 4.78 is 4.67. The maximum atomic E-state index is 11.1. The molecule has 1 aromatic carbocycles. The van der Waals surface area contributed by atoms with E-state index in [1.54, 1.807) is 0 Å². The summed E-state index contributed by atoms with van der Waals surface area (Å²) in [4.78, 5) is 11.1. The second-order valence-corrected chi connectivity index (χ2v) is 8.51. The van der Waals surface area contributed by atoms with Gasteiger partial charge >= 0.3 is 5.97 Å². The third-order valence-electron chi connectivity index (χ3n) is 6.27. The van der Waals surface area contributed by atoms with Gasteiger partial charge in [0.25, 0.3) is 0 Å². The first-order valence-corrected chi connectivity index (χ1v) is 11.6. The van der Waals surface area contributed by atoms with Gasteiger partial charge in [-0.1, -0.05) is 69.0 Å². The second kappa shape index (κ2) is 13.6. The van der Waals surface area contributed by atoms with E-state index < -0.39 is 0 Å². The Morgan fingerprint density at radius 1 is 1.07 bits per heavy atom. The number of hydrogen-bond acceptors (Lipinski definition) is 3. The van der Waals surface area contributed by atoms with E-state index in [0.29, 0.717) is 12.3 Å². The smallest absolute Gasteiger partial charge is 0.305 e. The van der Waals surface area contributed by atoms with E-state index in [9.17, 15) is 9.90 Å². The molecule has 0 radical (unpaired) electrons. The molecule has 2 rings (SSSR count). The Kier molecular flexibility index (Phi) is 11.1. The zero-order chi connectivity index (χ0) is 20.9. The summed E-state index contributed by atoms with van der Waals surface area (Å²) in [5.41, 5.74) is 2.70. The van der Waals surface area contributed by atoms with Gasteiger partial charge in [0.1, 0.15) is 0 Å². The molecule has 1 aliphatic rings. The van der Waals surface area contributed by atoms with Crippen LogP contribution >= 0.6 is 0 Å². The number of hydrogen-bond donors (Lipinski definition) is 1. The molecule has 1 aromatic rings. The molecular formula is C26H40O3. The van der Waals surface area contributed by atoms with Crippen LogP contribution in [-0.4, -0.2) is 24.3 Å². The Labute approximate surface area is 177 Å². The van der Waals surface area contributed by atoms with Crippen molar-refractivity contribution >= 4 is 5.97 Å². The molecule has 3 nitrogen and oxygen atoms in total. The molecule has 1 fully saturated rings. The van der Waals surface area contributed by atoms with E-state index in [2.05, 4.69) is 48.1 Å². The molecule has 0 bridgehead atoms. The van der Waals surface area contributed by atoms with E-state index in [4.69, 9.17) is 0 Å². The van der Waals surface area contributed by atoms with E-state index in [1.807, 2.05) is 0 Å². The SMILES string of the molecule is CCCCCCCc1ccc(C2C(O)CCC2CC=CCCCC(=O)OC)cc1. The van der Waals surface area contributed by atoms with Gasteiger partial charge in [-0.15, -0.1) is 0 Å². The second-order valence-electron chi connectivity index (χ2n) is 8.51. The van der Waals surface area contributed by atoms with Crippen LogP contribution in [0.2, 0.25) is 0 Å². The minimum atomic E-state index is -0.229. The summed E-state index contributed by atoms with van der Waals surface area (Å²) >= 11 is 0. The van der Waals surface area contributed by atoms with Crippen molar-refractivity contribution < 1.29 is 14.6 Å². The van der Waals surface area contributed by atoms with Gasteiger partial charge in [0.2, 0.25) is 0 Å². The number of rotatable bonds is 13. The zero-order valence-corrected chi connectivity index (χ0v) is 18.4. The molecule has 29 heavy (non-hydrogen) atoms. The molecule has 0 amide bonds. The zero-order valence-electron chi connectivity index (χ0n) is 18.4. The first-order valence-electron chi connectivity index (χ1n) is 11.6. The lowest BCUT2D eigenvalue weighted by atomic mass is 9.85. The Morgan fingerprint density at radius 2 is 1.83 bits per heavy atom. The number of esters is 1. The van der Waals surface area contributed by atoms with Crippen molar-refractivity contribution in [3.05, 3.63) is 47.5 Å². The van der Waals surface area contributed by atoms with Gasteiger partial charge in [-0.05, 0) is 62.0 Å². The van der Waals surface area contributed by atoms with Gasteiger partial charge in [0, 0.05) is 12.3 Å². The Balaban J connectivity index is 1.80. The number of allylic oxidation sites excluding steroid dienone is 2. The predicted octanol–water partition coefficient (Wildman–Crippen LogP) is 6.34. The van der Waals surface area contributed by atoms with Crippen LogP contribution in [0, 0.1) is 5.92 Å². The predicted molar refractivity (Wildman–Crippen MR) is 120 cm³/mol. The van der Waals surface area contributed by atoms with E-state index >= 15 is 0 Å². The lowest BCUT2D eigenvalue weighted by molar-refractivity contribution is -0.140. The van der Waals surface area contributed by atoms with Crippen molar-refractivity contribution in [2.75, 3.05) is 7.11 Å². The Morgan fingerprint density at radius 3 is 2.55 bits per heavy atom. The van der Waals surface area contributed by atoms with Crippen LogP contribution in [0.1, 0.15) is 94.6 Å². The molecule has 0 saturated heterocycles. The van der Waals surface area contributed by atoms with Crippen LogP contribution < -0.4 is 0 Å². The number of benzene rings is 1. The van der Waals surface area contributed by atoms with Gasteiger partial charge in [-0.3, -0.25) is 4.79 Å². The molecule has 0 heterocycles. The van der Waals surface area contributed by atoms with Crippen molar-refractivity contribution in [2.24, 2.45) is 5.92 Å². The number of methoxy groups -OCH3 is 1. The summed E-state index contributed by atoms with van der Waals surface area (Å²) in [5, 5.41) is 10.6. The maximum Gasteiger partial charge on any atom is 0.305 e. The first-order chi connectivity index (χ1) is 14.2. The third-order valence-corrected chi connectivity index (χ3v) is 6.27. The fourth-order valence-electron chi connectivity index (χ4n) is 4.51. The Bertz CT molecular complexity index is 605. The fourth-order valence-corrected chi connectivity index (χ4v) is 4.51. The van der Waals surface area contributed by atoms with Gasteiger partial charge in [0.15, 0.2) is 0 Å². The summed E-state index contributed by atoms with van der Waals surface area (Å²) in [6, 6.07) is 9.02. The highest BCUT2D eigenvalue weighted by atomic mass is 16.5. The van der Waals surface area contributed by atoms with Crippen molar-refractivity contribution in [3.63, 3.8) is 0 Å². The minimum absolute atomic E-state index is 0.137. The van der Waals surface area contributed by atoms with Crippen LogP contribution in [-0.2, 0) is 16.0 Å². The monoisotopic (exact) mass is 400 g/mol. The van der Waals surface area contributed by atoms with Crippen LogP contribution in [0.25, 0.3) is 0 Å². The molecule has 3 atom stereocenters. The van der Waals surface area contributed by atoms with Crippen molar-refractivity contribution in [1.82, 2.24) is 0 Å². The normalized spacial score (nSPS) is 21.7. The quantitative estimate of drug-likeness (QED) is 0.239. The molecule has 0 spiro atoms. The number of carbonyl (C=O) groups excluding carboxylic acids is 1. The standard InChI is InChI=1S/C26H40O3/c1-3-4-5-6-9-12-21-15-17-23(18-16-21)26-22(19-20-24(26)27)13-10-7-8-11-14-25(28)29-2/h7,10,15-18,22,24,26-27H,3-6,8-9,11-14,19-20H2,1-2H3. The topological polar surface area (TPSA) is 46.5 Å². The molecule has 1 N–H and O–H groups in total. The largest absolute Gasteiger partial charge is 0.469 e. The average molecular weight is 401 g/mol. The molecule has 0 aromatic heterocycles.